The van der Waals surface area contributed by atoms with Gasteiger partial charge in [0.1, 0.15) is 0 Å². The highest BCUT2D eigenvalue weighted by Gasteiger charge is 2.43. The van der Waals surface area contributed by atoms with Crippen molar-refractivity contribution in [3.8, 4) is 0 Å². The van der Waals surface area contributed by atoms with Crippen LogP contribution in [0.15, 0.2) is 0 Å². The zero-order valence-corrected chi connectivity index (χ0v) is 12.8. The van der Waals surface area contributed by atoms with Gasteiger partial charge >= 0.3 is 6.09 Å². The number of hydrogen-bond acceptors (Lipinski definition) is 3. The van der Waals surface area contributed by atoms with E-state index in [1.165, 1.54) is 19.3 Å². The van der Waals surface area contributed by atoms with Gasteiger partial charge in [-0.15, -0.1) is 0 Å². The summed E-state index contributed by atoms with van der Waals surface area (Å²) in [5.74, 6) is 1.95. The summed E-state index contributed by atoms with van der Waals surface area (Å²) in [6, 6.07) is 0.224. The number of hydrogen-bond donors (Lipinski definition) is 1. The fourth-order valence-corrected chi connectivity index (χ4v) is 4.30. The Kier molecular flexibility index (Phi) is 4.36. The van der Waals surface area contributed by atoms with Crippen molar-refractivity contribution in [2.45, 2.75) is 51.5 Å². The maximum atomic E-state index is 12.4. The van der Waals surface area contributed by atoms with E-state index in [1.807, 2.05) is 6.92 Å². The first-order valence-electron chi connectivity index (χ1n) is 8.39. The van der Waals surface area contributed by atoms with Crippen LogP contribution in [0.3, 0.4) is 0 Å². The molecule has 3 atom stereocenters. The third-order valence-electron chi connectivity index (χ3n) is 5.44. The molecule has 2 bridgehead atoms. The van der Waals surface area contributed by atoms with Gasteiger partial charge < -0.3 is 15.0 Å². The number of nitrogens with zero attached hydrogens (tertiary/aromatic N) is 1. The standard InChI is InChI=1S/C16H26N2O3/c1-2-21-16(20)18-7-5-13(6-8-18)17-15(19)14-10-11-3-4-12(14)9-11/h11-14H,2-10H2,1H3,(H,17,19)/t11-,12-,14+/m0/s1. The fourth-order valence-electron chi connectivity index (χ4n) is 4.30. The van der Waals surface area contributed by atoms with E-state index in [-0.39, 0.29) is 24.0 Å². The van der Waals surface area contributed by atoms with Crippen LogP contribution in [0.5, 0.6) is 0 Å². The molecule has 3 fully saturated rings. The van der Waals surface area contributed by atoms with Crippen molar-refractivity contribution in [1.82, 2.24) is 10.2 Å². The molecule has 1 aliphatic heterocycles. The third kappa shape index (κ3) is 3.16. The minimum atomic E-state index is -0.227. The second-order valence-electron chi connectivity index (χ2n) is 6.75. The molecule has 2 saturated carbocycles. The molecule has 0 aromatic carbocycles. The Balaban J connectivity index is 1.43. The van der Waals surface area contributed by atoms with E-state index in [9.17, 15) is 9.59 Å². The summed E-state index contributed by atoms with van der Waals surface area (Å²) in [5, 5.41) is 3.22. The summed E-state index contributed by atoms with van der Waals surface area (Å²) in [6.07, 6.45) is 6.38. The molecule has 5 heteroatoms. The van der Waals surface area contributed by atoms with Crippen molar-refractivity contribution >= 4 is 12.0 Å². The van der Waals surface area contributed by atoms with Crippen LogP contribution in [0.25, 0.3) is 0 Å². The molecule has 0 unspecified atom stereocenters. The van der Waals surface area contributed by atoms with E-state index in [2.05, 4.69) is 5.32 Å². The predicted octanol–water partition coefficient (Wildman–Crippen LogP) is 2.16. The quantitative estimate of drug-likeness (QED) is 0.867. The smallest absolute Gasteiger partial charge is 0.409 e. The highest BCUT2D eigenvalue weighted by Crippen LogP contribution is 2.48. The molecule has 0 aromatic rings. The van der Waals surface area contributed by atoms with Crippen LogP contribution in [-0.4, -0.2) is 42.6 Å². The van der Waals surface area contributed by atoms with Gasteiger partial charge in [-0.3, -0.25) is 4.79 Å². The molecule has 2 aliphatic carbocycles. The summed E-state index contributed by atoms with van der Waals surface area (Å²) in [4.78, 5) is 25.8. The molecule has 0 aromatic heterocycles. The van der Waals surface area contributed by atoms with E-state index in [1.54, 1.807) is 4.90 Å². The van der Waals surface area contributed by atoms with Crippen LogP contribution in [0.4, 0.5) is 4.79 Å². The lowest BCUT2D eigenvalue weighted by atomic mass is 9.87. The van der Waals surface area contributed by atoms with Crippen LogP contribution >= 0.6 is 0 Å². The number of amides is 2. The van der Waals surface area contributed by atoms with Crippen LogP contribution in [0.2, 0.25) is 0 Å². The first kappa shape index (κ1) is 14.7. The molecule has 3 rings (SSSR count). The Bertz CT molecular complexity index is 404. The van der Waals surface area contributed by atoms with Gasteiger partial charge in [-0.05, 0) is 50.9 Å². The number of rotatable bonds is 3. The zero-order chi connectivity index (χ0) is 14.8. The zero-order valence-electron chi connectivity index (χ0n) is 12.8. The van der Waals surface area contributed by atoms with E-state index >= 15 is 0 Å². The Morgan fingerprint density at radius 1 is 1.14 bits per heavy atom. The number of fused-ring (bicyclic) bond motifs is 2. The van der Waals surface area contributed by atoms with Gasteiger partial charge in [0, 0.05) is 25.0 Å². The molecule has 118 valence electrons. The maximum Gasteiger partial charge on any atom is 0.409 e. The number of nitrogens with one attached hydrogen (secondary N) is 1. The van der Waals surface area contributed by atoms with E-state index < -0.39 is 0 Å². The Morgan fingerprint density at radius 3 is 2.48 bits per heavy atom. The number of carbonyl (C=O) groups excluding carboxylic acids is 2. The highest BCUT2D eigenvalue weighted by molar-refractivity contribution is 5.79. The highest BCUT2D eigenvalue weighted by atomic mass is 16.6. The lowest BCUT2D eigenvalue weighted by Gasteiger charge is -2.32. The van der Waals surface area contributed by atoms with Crippen molar-refractivity contribution in [2.24, 2.45) is 17.8 Å². The summed E-state index contributed by atoms with van der Waals surface area (Å²) < 4.78 is 5.01. The summed E-state index contributed by atoms with van der Waals surface area (Å²) >= 11 is 0. The number of carbonyl (C=O) groups is 2. The molecular formula is C16H26N2O3. The topological polar surface area (TPSA) is 58.6 Å². The maximum absolute atomic E-state index is 12.4. The van der Waals surface area contributed by atoms with E-state index in [0.29, 0.717) is 25.6 Å². The van der Waals surface area contributed by atoms with Crippen molar-refractivity contribution in [1.29, 1.82) is 0 Å². The minimum absolute atomic E-state index is 0.224. The molecule has 3 aliphatic rings. The first-order valence-corrected chi connectivity index (χ1v) is 8.39. The molecule has 21 heavy (non-hydrogen) atoms. The van der Waals surface area contributed by atoms with Gasteiger partial charge in [0.05, 0.1) is 6.61 Å². The Hall–Kier alpha value is -1.26. The van der Waals surface area contributed by atoms with Crippen molar-refractivity contribution < 1.29 is 14.3 Å². The molecule has 0 radical (unpaired) electrons. The van der Waals surface area contributed by atoms with E-state index in [0.717, 1.165) is 25.2 Å². The second kappa shape index (κ2) is 6.24. The molecule has 1 heterocycles. The van der Waals surface area contributed by atoms with E-state index in [4.69, 9.17) is 4.74 Å². The molecule has 1 N–H and O–H groups in total. The van der Waals surface area contributed by atoms with Gasteiger partial charge in [0.25, 0.3) is 0 Å². The SMILES string of the molecule is CCOC(=O)N1CCC(NC(=O)[C@@H]2C[C@H]3CC[C@H]2C3)CC1. The predicted molar refractivity (Wildman–Crippen MR) is 78.7 cm³/mol. The normalized spacial score (nSPS) is 32.2. The molecule has 2 amide bonds. The van der Waals surface area contributed by atoms with Gasteiger partial charge in [-0.2, -0.15) is 0 Å². The van der Waals surface area contributed by atoms with Gasteiger partial charge in [-0.1, -0.05) is 6.42 Å². The largest absolute Gasteiger partial charge is 0.450 e. The fraction of sp³-hybridized carbons (Fsp3) is 0.875. The summed E-state index contributed by atoms with van der Waals surface area (Å²) in [5.41, 5.74) is 0. The molecule has 5 nitrogen and oxygen atoms in total. The summed E-state index contributed by atoms with van der Waals surface area (Å²) in [7, 11) is 0. The van der Waals surface area contributed by atoms with Crippen LogP contribution in [0, 0.1) is 17.8 Å². The molecular weight excluding hydrogens is 268 g/mol. The lowest BCUT2D eigenvalue weighted by Crippen LogP contribution is -2.48. The minimum Gasteiger partial charge on any atom is -0.450 e. The summed E-state index contributed by atoms with van der Waals surface area (Å²) in [6.45, 7) is 3.60. The van der Waals surface area contributed by atoms with Crippen molar-refractivity contribution in [3.05, 3.63) is 0 Å². The second-order valence-corrected chi connectivity index (χ2v) is 6.75. The number of likely N-dealkylation sites (tertiary alicyclic amines) is 1. The van der Waals surface area contributed by atoms with Crippen LogP contribution in [0.1, 0.15) is 45.4 Å². The average Bonchev–Trinajstić information content (AvgIpc) is 3.11. The Labute approximate surface area is 126 Å². The van der Waals surface area contributed by atoms with Gasteiger partial charge in [0.2, 0.25) is 5.91 Å². The van der Waals surface area contributed by atoms with Crippen LogP contribution in [-0.2, 0) is 9.53 Å². The molecule has 1 saturated heterocycles. The average molecular weight is 294 g/mol. The monoisotopic (exact) mass is 294 g/mol. The number of ether oxygens (including phenoxy) is 1. The van der Waals surface area contributed by atoms with Crippen LogP contribution < -0.4 is 5.32 Å². The van der Waals surface area contributed by atoms with Gasteiger partial charge in [0.15, 0.2) is 0 Å². The van der Waals surface area contributed by atoms with Crippen molar-refractivity contribution in [3.63, 3.8) is 0 Å². The Morgan fingerprint density at radius 2 is 1.90 bits per heavy atom. The molecule has 0 spiro atoms. The van der Waals surface area contributed by atoms with Crippen molar-refractivity contribution in [2.75, 3.05) is 19.7 Å². The third-order valence-corrected chi connectivity index (χ3v) is 5.44. The van der Waals surface area contributed by atoms with Gasteiger partial charge in [-0.25, -0.2) is 4.79 Å². The number of piperidine rings is 1. The lowest BCUT2D eigenvalue weighted by molar-refractivity contribution is -0.127. The first-order chi connectivity index (χ1) is 10.2.